The number of rotatable bonds is 7. The van der Waals surface area contributed by atoms with Crippen molar-refractivity contribution >= 4 is 33.2 Å². The quantitative estimate of drug-likeness (QED) is 0.450. The van der Waals surface area contributed by atoms with Gasteiger partial charge in [0.15, 0.2) is 11.4 Å². The van der Waals surface area contributed by atoms with Crippen LogP contribution in [0.5, 0.6) is 5.75 Å². The number of hydrogen-bond acceptors (Lipinski definition) is 7. The molecule has 2 amide bonds. The number of aryl methyl sites for hydroxylation is 1. The number of amides is 2. The lowest BCUT2D eigenvalue weighted by atomic mass is 9.86. The van der Waals surface area contributed by atoms with Crippen LogP contribution in [0.2, 0.25) is 0 Å². The average Bonchev–Trinajstić information content (AvgIpc) is 3.22. The molecule has 0 bridgehead atoms. The molecule has 0 radical (unpaired) electrons. The Kier molecular flexibility index (Phi) is 6.88. The molecule has 1 heterocycles. The molecule has 0 unspecified atom stereocenters. The van der Waals surface area contributed by atoms with Crippen molar-refractivity contribution in [3.8, 4) is 11.4 Å². The lowest BCUT2D eigenvalue weighted by molar-refractivity contribution is 0.0993. The first-order chi connectivity index (χ1) is 16.2. The Hall–Kier alpha value is -3.93. The van der Waals surface area contributed by atoms with Crippen LogP contribution in [0.1, 0.15) is 52.7 Å². The minimum Gasteiger partial charge on any atom is -0.492 e. The van der Waals surface area contributed by atoms with E-state index in [4.69, 9.17) is 10.5 Å². The van der Waals surface area contributed by atoms with Gasteiger partial charge in [0, 0.05) is 5.56 Å². The highest BCUT2D eigenvalue weighted by molar-refractivity contribution is 7.92. The number of nitrogens with zero attached hydrogens (tertiary/aromatic N) is 3. The van der Waals surface area contributed by atoms with Crippen LogP contribution in [0, 0.1) is 6.92 Å². The Labute approximate surface area is 203 Å². The van der Waals surface area contributed by atoms with E-state index in [0.717, 1.165) is 17.4 Å². The number of anilines is 2. The predicted octanol–water partition coefficient (Wildman–Crippen LogP) is 2.60. The van der Waals surface area contributed by atoms with E-state index in [0.29, 0.717) is 16.9 Å². The third-order valence-electron chi connectivity index (χ3n) is 5.17. The maximum absolute atomic E-state index is 13.2. The van der Waals surface area contributed by atoms with E-state index in [9.17, 15) is 18.0 Å². The van der Waals surface area contributed by atoms with Gasteiger partial charge in [-0.2, -0.15) is 0 Å². The van der Waals surface area contributed by atoms with Gasteiger partial charge in [-0.3, -0.25) is 14.3 Å². The molecule has 3 rings (SSSR count). The molecular formula is C23H28N6O5S. The number of hydrogen-bond donors (Lipinski definition) is 3. The minimum atomic E-state index is -3.61. The summed E-state index contributed by atoms with van der Waals surface area (Å²) in [6.07, 6.45) is 2.42. The maximum Gasteiger partial charge on any atom is 0.270 e. The van der Waals surface area contributed by atoms with E-state index in [1.807, 2.05) is 27.7 Å². The van der Waals surface area contributed by atoms with Gasteiger partial charge < -0.3 is 15.8 Å². The number of benzene rings is 2. The average molecular weight is 501 g/mol. The number of aromatic nitrogens is 3. The molecule has 0 saturated heterocycles. The first-order valence-electron chi connectivity index (χ1n) is 10.5. The van der Waals surface area contributed by atoms with Crippen molar-refractivity contribution in [1.29, 1.82) is 0 Å². The molecule has 4 N–H and O–H groups in total. The molecule has 11 nitrogen and oxygen atoms in total. The minimum absolute atomic E-state index is 0.00566. The largest absolute Gasteiger partial charge is 0.492 e. The molecule has 186 valence electrons. The normalized spacial score (nSPS) is 11.7. The van der Waals surface area contributed by atoms with Crippen molar-refractivity contribution in [1.82, 2.24) is 15.0 Å². The van der Waals surface area contributed by atoms with Gasteiger partial charge in [-0.25, -0.2) is 13.1 Å². The standard InChI is InChI=1S/C23H28N6O5S/c1-13-7-8-14(9-19(13)29-12-18(21(24)30)26-28-29)22(31)25-16-10-15(23(2,3)4)11-17(20(16)34-5)27-35(6,32)33/h7-12,27H,1-6H3,(H2,24,30)(H,25,31). The van der Waals surface area contributed by atoms with Crippen LogP contribution in [-0.4, -0.2) is 48.6 Å². The number of methoxy groups -OCH3 is 1. The van der Waals surface area contributed by atoms with E-state index in [-0.39, 0.29) is 22.5 Å². The molecule has 0 aliphatic rings. The number of sulfonamides is 1. The molecule has 3 aromatic rings. The Morgan fingerprint density at radius 2 is 1.77 bits per heavy atom. The highest BCUT2D eigenvalue weighted by atomic mass is 32.2. The van der Waals surface area contributed by atoms with Gasteiger partial charge in [0.2, 0.25) is 10.0 Å². The summed E-state index contributed by atoms with van der Waals surface area (Å²) in [5.41, 5.74) is 7.81. The third-order valence-corrected chi connectivity index (χ3v) is 5.76. The second-order valence-electron chi connectivity index (χ2n) is 9.10. The molecule has 0 aliphatic heterocycles. The van der Waals surface area contributed by atoms with E-state index in [1.54, 1.807) is 30.3 Å². The van der Waals surface area contributed by atoms with Crippen LogP contribution in [0.4, 0.5) is 11.4 Å². The molecular weight excluding hydrogens is 472 g/mol. The monoisotopic (exact) mass is 500 g/mol. The molecule has 0 saturated carbocycles. The second kappa shape index (κ2) is 9.37. The number of primary amides is 1. The summed E-state index contributed by atoms with van der Waals surface area (Å²) >= 11 is 0. The number of carbonyl (C=O) groups excluding carboxylic acids is 2. The molecule has 0 atom stereocenters. The van der Waals surface area contributed by atoms with Crippen molar-refractivity contribution in [3.05, 3.63) is 58.9 Å². The van der Waals surface area contributed by atoms with E-state index in [1.165, 1.54) is 18.0 Å². The summed E-state index contributed by atoms with van der Waals surface area (Å²) in [4.78, 5) is 24.6. The summed E-state index contributed by atoms with van der Waals surface area (Å²) < 4.78 is 33.1. The van der Waals surface area contributed by atoms with E-state index < -0.39 is 21.8 Å². The van der Waals surface area contributed by atoms with Crippen LogP contribution >= 0.6 is 0 Å². The van der Waals surface area contributed by atoms with Gasteiger partial charge in [0.05, 0.1) is 36.6 Å². The SMILES string of the molecule is COc1c(NC(=O)c2ccc(C)c(-n3cc(C(N)=O)nn3)c2)cc(C(C)(C)C)cc1NS(C)(=O)=O. The zero-order chi connectivity index (χ0) is 26.1. The lowest BCUT2D eigenvalue weighted by Gasteiger charge is -2.24. The zero-order valence-corrected chi connectivity index (χ0v) is 21.1. The number of nitrogens with two attached hydrogens (primary N) is 1. The summed E-state index contributed by atoms with van der Waals surface area (Å²) in [6, 6.07) is 8.39. The van der Waals surface area contributed by atoms with Gasteiger partial charge in [0.25, 0.3) is 11.8 Å². The van der Waals surface area contributed by atoms with Crippen LogP contribution in [0.3, 0.4) is 0 Å². The van der Waals surface area contributed by atoms with Crippen LogP contribution in [0.15, 0.2) is 36.5 Å². The number of nitrogens with one attached hydrogen (secondary N) is 2. The highest BCUT2D eigenvalue weighted by Crippen LogP contribution is 2.39. The fourth-order valence-corrected chi connectivity index (χ4v) is 3.89. The summed E-state index contributed by atoms with van der Waals surface area (Å²) in [5, 5.41) is 10.5. The van der Waals surface area contributed by atoms with Gasteiger partial charge in [-0.1, -0.05) is 32.1 Å². The molecule has 0 aliphatic carbocycles. The van der Waals surface area contributed by atoms with Crippen molar-refractivity contribution in [2.24, 2.45) is 5.73 Å². The van der Waals surface area contributed by atoms with Crippen molar-refractivity contribution < 1.29 is 22.7 Å². The predicted molar refractivity (Wildman–Crippen MR) is 133 cm³/mol. The summed E-state index contributed by atoms with van der Waals surface area (Å²) in [7, 11) is -2.22. The van der Waals surface area contributed by atoms with Gasteiger partial charge >= 0.3 is 0 Å². The highest BCUT2D eigenvalue weighted by Gasteiger charge is 2.23. The van der Waals surface area contributed by atoms with Crippen molar-refractivity contribution in [2.75, 3.05) is 23.4 Å². The number of ether oxygens (including phenoxy) is 1. The fraction of sp³-hybridized carbons (Fsp3) is 0.304. The Bertz CT molecular complexity index is 1410. The Morgan fingerprint density at radius 3 is 2.31 bits per heavy atom. The Morgan fingerprint density at radius 1 is 1.11 bits per heavy atom. The molecule has 12 heteroatoms. The topological polar surface area (TPSA) is 158 Å². The molecule has 1 aromatic heterocycles. The number of carbonyl (C=O) groups is 2. The third kappa shape index (κ3) is 5.96. The summed E-state index contributed by atoms with van der Waals surface area (Å²) in [5.74, 6) is -1.00. The van der Waals surface area contributed by atoms with E-state index >= 15 is 0 Å². The van der Waals surface area contributed by atoms with Crippen LogP contribution < -0.4 is 20.5 Å². The van der Waals surface area contributed by atoms with Crippen molar-refractivity contribution in [2.45, 2.75) is 33.1 Å². The summed E-state index contributed by atoms with van der Waals surface area (Å²) in [6.45, 7) is 7.72. The molecule has 0 spiro atoms. The second-order valence-corrected chi connectivity index (χ2v) is 10.8. The first-order valence-corrected chi connectivity index (χ1v) is 12.4. The lowest BCUT2D eigenvalue weighted by Crippen LogP contribution is -2.18. The molecule has 2 aromatic carbocycles. The van der Waals surface area contributed by atoms with Crippen LogP contribution in [0.25, 0.3) is 5.69 Å². The Balaban J connectivity index is 2.04. The fourth-order valence-electron chi connectivity index (χ4n) is 3.34. The zero-order valence-electron chi connectivity index (χ0n) is 20.3. The van der Waals surface area contributed by atoms with Crippen molar-refractivity contribution in [3.63, 3.8) is 0 Å². The molecule has 0 fully saturated rings. The molecule has 35 heavy (non-hydrogen) atoms. The smallest absolute Gasteiger partial charge is 0.270 e. The van der Waals surface area contributed by atoms with E-state index in [2.05, 4.69) is 20.4 Å². The van der Waals surface area contributed by atoms with Gasteiger partial charge in [0.1, 0.15) is 0 Å². The van der Waals surface area contributed by atoms with Gasteiger partial charge in [-0.15, -0.1) is 5.10 Å². The van der Waals surface area contributed by atoms with Gasteiger partial charge in [-0.05, 0) is 47.7 Å². The maximum atomic E-state index is 13.2. The first kappa shape index (κ1) is 25.7. The van der Waals surface area contributed by atoms with Crippen LogP contribution in [-0.2, 0) is 15.4 Å².